The maximum atomic E-state index is 11.4. The molecule has 0 spiro atoms. The van der Waals surface area contributed by atoms with Gasteiger partial charge in [0.2, 0.25) is 0 Å². The molecule has 5 nitrogen and oxygen atoms in total. The molecule has 88 valence electrons. The van der Waals surface area contributed by atoms with Crippen LogP contribution in [0.1, 0.15) is 19.8 Å². The average molecular weight is 222 g/mol. The standard InChI is InChI=1S/C11H18N4O/c1-8(9-3-2-4-12-7-9)15-10-11(16)14-6-5-13-10/h5-6,8-9,12H,2-4,7H2,1H3,(H,13,15)(H,14,16). The number of nitrogens with one attached hydrogen (secondary N) is 3. The Morgan fingerprint density at radius 1 is 1.62 bits per heavy atom. The summed E-state index contributed by atoms with van der Waals surface area (Å²) in [5.74, 6) is 0.982. The van der Waals surface area contributed by atoms with Gasteiger partial charge in [0.25, 0.3) is 5.56 Å². The molecular formula is C11H18N4O. The molecule has 2 heterocycles. The van der Waals surface area contributed by atoms with Crippen LogP contribution in [-0.4, -0.2) is 29.1 Å². The highest BCUT2D eigenvalue weighted by Crippen LogP contribution is 2.16. The van der Waals surface area contributed by atoms with E-state index in [9.17, 15) is 4.79 Å². The zero-order valence-electron chi connectivity index (χ0n) is 9.49. The van der Waals surface area contributed by atoms with Crippen molar-refractivity contribution in [2.75, 3.05) is 18.4 Å². The highest BCUT2D eigenvalue weighted by Gasteiger charge is 2.20. The summed E-state index contributed by atoms with van der Waals surface area (Å²) < 4.78 is 0. The number of H-pyrrole nitrogens is 1. The van der Waals surface area contributed by atoms with Crippen LogP contribution in [0.25, 0.3) is 0 Å². The summed E-state index contributed by atoms with van der Waals surface area (Å²) in [5, 5.41) is 6.55. The van der Waals surface area contributed by atoms with Crippen LogP contribution in [0, 0.1) is 5.92 Å². The minimum atomic E-state index is -0.155. The summed E-state index contributed by atoms with van der Waals surface area (Å²) >= 11 is 0. The first-order chi connectivity index (χ1) is 7.77. The summed E-state index contributed by atoms with van der Waals surface area (Å²) in [6.07, 6.45) is 5.54. The zero-order valence-corrected chi connectivity index (χ0v) is 9.49. The monoisotopic (exact) mass is 222 g/mol. The fraction of sp³-hybridized carbons (Fsp3) is 0.636. The fourth-order valence-electron chi connectivity index (χ4n) is 2.09. The number of piperidine rings is 1. The van der Waals surface area contributed by atoms with Gasteiger partial charge in [0.1, 0.15) is 0 Å². The number of aromatic nitrogens is 2. The van der Waals surface area contributed by atoms with E-state index < -0.39 is 0 Å². The van der Waals surface area contributed by atoms with Crippen molar-refractivity contribution >= 4 is 5.82 Å². The molecule has 1 aromatic heterocycles. The molecule has 1 aliphatic rings. The Morgan fingerprint density at radius 2 is 2.50 bits per heavy atom. The zero-order chi connectivity index (χ0) is 11.4. The van der Waals surface area contributed by atoms with E-state index >= 15 is 0 Å². The normalized spacial score (nSPS) is 22.7. The Kier molecular flexibility index (Phi) is 3.56. The van der Waals surface area contributed by atoms with Crippen LogP contribution >= 0.6 is 0 Å². The van der Waals surface area contributed by atoms with Gasteiger partial charge in [0.15, 0.2) is 5.82 Å². The Hall–Kier alpha value is -1.36. The lowest BCUT2D eigenvalue weighted by atomic mass is 9.93. The Labute approximate surface area is 94.7 Å². The number of hydrogen-bond donors (Lipinski definition) is 3. The van der Waals surface area contributed by atoms with Gasteiger partial charge in [-0.2, -0.15) is 0 Å². The molecule has 0 radical (unpaired) electrons. The van der Waals surface area contributed by atoms with E-state index in [-0.39, 0.29) is 11.6 Å². The predicted molar refractivity (Wildman–Crippen MR) is 63.5 cm³/mol. The van der Waals surface area contributed by atoms with Crippen LogP contribution in [0.2, 0.25) is 0 Å². The van der Waals surface area contributed by atoms with Crippen LogP contribution in [-0.2, 0) is 0 Å². The van der Waals surface area contributed by atoms with Crippen LogP contribution in [0.15, 0.2) is 17.2 Å². The molecular weight excluding hydrogens is 204 g/mol. The van der Waals surface area contributed by atoms with Crippen LogP contribution in [0.5, 0.6) is 0 Å². The van der Waals surface area contributed by atoms with E-state index in [0.717, 1.165) is 13.1 Å². The summed E-state index contributed by atoms with van der Waals surface area (Å²) in [6.45, 7) is 4.22. The maximum Gasteiger partial charge on any atom is 0.290 e. The predicted octanol–water partition coefficient (Wildman–Crippen LogP) is 0.570. The van der Waals surface area contributed by atoms with Crippen molar-refractivity contribution in [2.45, 2.75) is 25.8 Å². The van der Waals surface area contributed by atoms with Crippen LogP contribution < -0.4 is 16.2 Å². The molecule has 1 aliphatic heterocycles. The minimum absolute atomic E-state index is 0.155. The second-order valence-corrected chi connectivity index (χ2v) is 4.31. The number of aromatic amines is 1. The first-order valence-electron chi connectivity index (χ1n) is 5.78. The molecule has 0 aromatic carbocycles. The van der Waals surface area contributed by atoms with E-state index in [0.29, 0.717) is 11.7 Å². The number of nitrogens with zero attached hydrogens (tertiary/aromatic N) is 1. The van der Waals surface area contributed by atoms with E-state index in [2.05, 4.69) is 27.5 Å². The minimum Gasteiger partial charge on any atom is -0.363 e. The molecule has 0 saturated carbocycles. The Morgan fingerprint density at radius 3 is 3.19 bits per heavy atom. The number of anilines is 1. The first kappa shape index (κ1) is 11.1. The summed E-state index contributed by atoms with van der Waals surface area (Å²) in [5.41, 5.74) is -0.155. The second kappa shape index (κ2) is 5.12. The van der Waals surface area contributed by atoms with Crippen molar-refractivity contribution in [2.24, 2.45) is 5.92 Å². The van der Waals surface area contributed by atoms with Gasteiger partial charge >= 0.3 is 0 Å². The molecule has 16 heavy (non-hydrogen) atoms. The maximum absolute atomic E-state index is 11.4. The highest BCUT2D eigenvalue weighted by molar-refractivity contribution is 5.31. The van der Waals surface area contributed by atoms with E-state index in [1.165, 1.54) is 12.8 Å². The van der Waals surface area contributed by atoms with E-state index in [1.807, 2.05) is 0 Å². The van der Waals surface area contributed by atoms with E-state index in [1.54, 1.807) is 12.4 Å². The average Bonchev–Trinajstić information content (AvgIpc) is 2.33. The third-order valence-corrected chi connectivity index (χ3v) is 3.11. The Balaban J connectivity index is 1.98. The van der Waals surface area contributed by atoms with Crippen molar-refractivity contribution in [3.8, 4) is 0 Å². The molecule has 2 unspecified atom stereocenters. The smallest absolute Gasteiger partial charge is 0.290 e. The lowest BCUT2D eigenvalue weighted by molar-refractivity contribution is 0.346. The van der Waals surface area contributed by atoms with Gasteiger partial charge in [-0.05, 0) is 38.8 Å². The molecule has 3 N–H and O–H groups in total. The SMILES string of the molecule is CC(Nc1ncc[nH]c1=O)C1CCCNC1. The van der Waals surface area contributed by atoms with Gasteiger partial charge in [-0.3, -0.25) is 4.79 Å². The number of hydrogen-bond acceptors (Lipinski definition) is 4. The van der Waals surface area contributed by atoms with Gasteiger partial charge < -0.3 is 15.6 Å². The third-order valence-electron chi connectivity index (χ3n) is 3.11. The quantitative estimate of drug-likeness (QED) is 0.699. The largest absolute Gasteiger partial charge is 0.363 e. The second-order valence-electron chi connectivity index (χ2n) is 4.31. The molecule has 1 saturated heterocycles. The third kappa shape index (κ3) is 2.61. The van der Waals surface area contributed by atoms with E-state index in [4.69, 9.17) is 0 Å². The fourth-order valence-corrected chi connectivity index (χ4v) is 2.09. The molecule has 0 amide bonds. The summed E-state index contributed by atoms with van der Waals surface area (Å²) in [6, 6.07) is 0.267. The van der Waals surface area contributed by atoms with Crippen molar-refractivity contribution < 1.29 is 0 Å². The molecule has 1 aromatic rings. The van der Waals surface area contributed by atoms with Crippen molar-refractivity contribution in [1.82, 2.24) is 15.3 Å². The molecule has 2 atom stereocenters. The number of rotatable bonds is 3. The lowest BCUT2D eigenvalue weighted by Gasteiger charge is -2.28. The molecule has 2 rings (SSSR count). The van der Waals surface area contributed by atoms with Crippen molar-refractivity contribution in [1.29, 1.82) is 0 Å². The molecule has 0 bridgehead atoms. The van der Waals surface area contributed by atoms with Gasteiger partial charge in [-0.15, -0.1) is 0 Å². The highest BCUT2D eigenvalue weighted by atomic mass is 16.1. The van der Waals surface area contributed by atoms with Gasteiger partial charge in [0, 0.05) is 18.4 Å². The molecule has 5 heteroatoms. The van der Waals surface area contributed by atoms with Crippen LogP contribution in [0.4, 0.5) is 5.82 Å². The summed E-state index contributed by atoms with van der Waals surface area (Å²) in [7, 11) is 0. The summed E-state index contributed by atoms with van der Waals surface area (Å²) in [4.78, 5) is 18.1. The Bertz CT molecular complexity index is 384. The molecule has 0 aliphatic carbocycles. The van der Waals surface area contributed by atoms with Gasteiger partial charge in [-0.25, -0.2) is 4.98 Å². The van der Waals surface area contributed by atoms with Gasteiger partial charge in [0.05, 0.1) is 0 Å². The first-order valence-corrected chi connectivity index (χ1v) is 5.78. The van der Waals surface area contributed by atoms with Crippen molar-refractivity contribution in [3.05, 3.63) is 22.7 Å². The van der Waals surface area contributed by atoms with Crippen molar-refractivity contribution in [3.63, 3.8) is 0 Å². The topological polar surface area (TPSA) is 69.8 Å². The molecule has 1 fully saturated rings. The van der Waals surface area contributed by atoms with Crippen LogP contribution in [0.3, 0.4) is 0 Å². The van der Waals surface area contributed by atoms with Gasteiger partial charge in [-0.1, -0.05) is 0 Å². The lowest BCUT2D eigenvalue weighted by Crippen LogP contribution is -2.39.